The Morgan fingerprint density at radius 2 is 1.94 bits per heavy atom. The third-order valence-corrected chi connectivity index (χ3v) is 7.33. The first-order chi connectivity index (χ1) is 15.0. The highest BCUT2D eigenvalue weighted by molar-refractivity contribution is 5.80. The first kappa shape index (κ1) is 21.9. The van der Waals surface area contributed by atoms with E-state index in [0.29, 0.717) is 12.3 Å². The number of carbonyl (C=O) groups is 1. The number of ether oxygens (including phenoxy) is 1. The second kappa shape index (κ2) is 9.42. The van der Waals surface area contributed by atoms with Crippen molar-refractivity contribution in [3.05, 3.63) is 53.3 Å². The van der Waals surface area contributed by atoms with E-state index in [4.69, 9.17) is 4.74 Å². The molecule has 0 aliphatic heterocycles. The van der Waals surface area contributed by atoms with Crippen molar-refractivity contribution in [3.8, 4) is 16.9 Å². The number of hydrogen-bond donors (Lipinski definition) is 1. The van der Waals surface area contributed by atoms with Gasteiger partial charge in [-0.05, 0) is 85.3 Å². The zero-order valence-corrected chi connectivity index (χ0v) is 18.6. The Bertz CT molecular complexity index is 934. The summed E-state index contributed by atoms with van der Waals surface area (Å²) in [5, 5.41) is 9.69. The first-order valence-electron chi connectivity index (χ1n) is 11.8. The molecule has 166 valence electrons. The van der Waals surface area contributed by atoms with Gasteiger partial charge in [0.25, 0.3) is 0 Å². The molecule has 3 atom stereocenters. The van der Waals surface area contributed by atoms with Crippen LogP contribution in [-0.2, 0) is 4.79 Å². The Morgan fingerprint density at radius 1 is 1.13 bits per heavy atom. The van der Waals surface area contributed by atoms with Crippen LogP contribution in [0.3, 0.4) is 0 Å². The summed E-state index contributed by atoms with van der Waals surface area (Å²) in [5.41, 5.74) is 3.20. The molecule has 0 saturated heterocycles. The molecule has 4 heteroatoms. The standard InChI is InChI=1S/C27H33FO3/c1-3-17-11-13-20(15-17)31-25-14-12-19(21(4-2)27(29)30)16-23(25)22-9-6-10-24(28)26(22)18-7-5-8-18/h6,9-10,12,14,16-18,20-21H,3-5,7-8,11,13,15H2,1-2H3,(H,29,30)/t17-,20-,21-/m1/s1. The Morgan fingerprint density at radius 3 is 2.55 bits per heavy atom. The van der Waals surface area contributed by atoms with Crippen molar-refractivity contribution in [3.63, 3.8) is 0 Å². The minimum Gasteiger partial charge on any atom is -0.490 e. The van der Waals surface area contributed by atoms with Gasteiger partial charge in [0.15, 0.2) is 0 Å². The molecule has 2 aromatic rings. The van der Waals surface area contributed by atoms with Crippen LogP contribution in [0.2, 0.25) is 0 Å². The van der Waals surface area contributed by atoms with E-state index in [9.17, 15) is 14.3 Å². The Labute approximate surface area is 184 Å². The van der Waals surface area contributed by atoms with Crippen LogP contribution < -0.4 is 4.74 Å². The molecule has 0 unspecified atom stereocenters. The summed E-state index contributed by atoms with van der Waals surface area (Å²) >= 11 is 0. The third kappa shape index (κ3) is 4.49. The SMILES string of the molecule is CC[C@@H]1CC[C@@H](Oc2ccc([C@@H](CC)C(=O)O)cc2-c2cccc(F)c2C2CCC2)C1. The van der Waals surface area contributed by atoms with Crippen LogP contribution in [0.25, 0.3) is 11.1 Å². The van der Waals surface area contributed by atoms with Crippen molar-refractivity contribution in [2.45, 2.75) is 83.2 Å². The Hall–Kier alpha value is -2.36. The van der Waals surface area contributed by atoms with Crippen LogP contribution in [0.15, 0.2) is 36.4 Å². The molecule has 2 aromatic carbocycles. The smallest absolute Gasteiger partial charge is 0.310 e. The van der Waals surface area contributed by atoms with Crippen LogP contribution in [0.1, 0.15) is 88.2 Å². The van der Waals surface area contributed by atoms with E-state index in [-0.39, 0.29) is 17.8 Å². The van der Waals surface area contributed by atoms with Gasteiger partial charge in [0.05, 0.1) is 12.0 Å². The van der Waals surface area contributed by atoms with E-state index in [1.807, 2.05) is 31.2 Å². The molecule has 0 aromatic heterocycles. The van der Waals surface area contributed by atoms with E-state index in [1.54, 1.807) is 6.07 Å². The summed E-state index contributed by atoms with van der Waals surface area (Å²) in [6, 6.07) is 11.0. The predicted octanol–water partition coefficient (Wildman–Crippen LogP) is 7.30. The van der Waals surface area contributed by atoms with Crippen LogP contribution in [-0.4, -0.2) is 17.2 Å². The second-order valence-electron chi connectivity index (χ2n) is 9.21. The molecule has 2 saturated carbocycles. The van der Waals surface area contributed by atoms with Crippen LogP contribution in [0.4, 0.5) is 4.39 Å². The maximum absolute atomic E-state index is 15.0. The van der Waals surface area contributed by atoms with Crippen molar-refractivity contribution in [1.29, 1.82) is 0 Å². The number of rotatable bonds is 8. The lowest BCUT2D eigenvalue weighted by Gasteiger charge is -2.29. The fraction of sp³-hybridized carbons (Fsp3) is 0.519. The molecule has 3 nitrogen and oxygen atoms in total. The molecule has 2 fully saturated rings. The number of aliphatic carboxylic acids is 1. The molecule has 0 spiro atoms. The summed E-state index contributed by atoms with van der Waals surface area (Å²) in [6.07, 6.45) is 8.21. The monoisotopic (exact) mass is 424 g/mol. The van der Waals surface area contributed by atoms with E-state index >= 15 is 0 Å². The molecule has 0 heterocycles. The van der Waals surface area contributed by atoms with E-state index in [1.165, 1.54) is 12.5 Å². The first-order valence-corrected chi connectivity index (χ1v) is 11.8. The zero-order valence-electron chi connectivity index (χ0n) is 18.6. The van der Waals surface area contributed by atoms with Gasteiger partial charge in [-0.2, -0.15) is 0 Å². The summed E-state index contributed by atoms with van der Waals surface area (Å²) < 4.78 is 21.4. The highest BCUT2D eigenvalue weighted by Crippen LogP contribution is 2.46. The Balaban J connectivity index is 1.78. The molecule has 2 aliphatic carbocycles. The van der Waals surface area contributed by atoms with E-state index in [0.717, 1.165) is 66.5 Å². The van der Waals surface area contributed by atoms with E-state index < -0.39 is 11.9 Å². The molecule has 1 N–H and O–H groups in total. The lowest BCUT2D eigenvalue weighted by atomic mass is 9.76. The summed E-state index contributed by atoms with van der Waals surface area (Å²) in [7, 11) is 0. The van der Waals surface area contributed by atoms with Crippen molar-refractivity contribution >= 4 is 5.97 Å². The van der Waals surface area contributed by atoms with Crippen molar-refractivity contribution in [2.75, 3.05) is 0 Å². The van der Waals surface area contributed by atoms with Crippen LogP contribution in [0.5, 0.6) is 5.75 Å². The number of hydrogen-bond acceptors (Lipinski definition) is 2. The molecule has 0 bridgehead atoms. The maximum atomic E-state index is 15.0. The van der Waals surface area contributed by atoms with E-state index in [2.05, 4.69) is 6.92 Å². The van der Waals surface area contributed by atoms with Gasteiger partial charge in [-0.1, -0.05) is 44.9 Å². The van der Waals surface area contributed by atoms with Gasteiger partial charge in [0, 0.05) is 5.56 Å². The quantitative estimate of drug-likeness (QED) is 0.484. The highest BCUT2D eigenvalue weighted by Gasteiger charge is 2.30. The van der Waals surface area contributed by atoms with Gasteiger partial charge >= 0.3 is 5.97 Å². The molecule has 0 amide bonds. The number of benzene rings is 2. The topological polar surface area (TPSA) is 46.5 Å². The summed E-state index contributed by atoms with van der Waals surface area (Å²) in [4.78, 5) is 11.8. The largest absolute Gasteiger partial charge is 0.490 e. The molecular formula is C27H33FO3. The lowest BCUT2D eigenvalue weighted by molar-refractivity contribution is -0.138. The maximum Gasteiger partial charge on any atom is 0.310 e. The fourth-order valence-corrected chi connectivity index (χ4v) is 5.20. The normalized spacial score (nSPS) is 22.2. The minimum atomic E-state index is -0.831. The molecule has 4 rings (SSSR count). The van der Waals surface area contributed by atoms with Crippen molar-refractivity contribution < 1.29 is 19.0 Å². The number of carboxylic acid groups (broad SMARTS) is 1. The van der Waals surface area contributed by atoms with Crippen LogP contribution in [0, 0.1) is 11.7 Å². The number of carboxylic acids is 1. The van der Waals surface area contributed by atoms with Gasteiger partial charge in [-0.25, -0.2) is 4.39 Å². The van der Waals surface area contributed by atoms with Gasteiger partial charge in [-0.3, -0.25) is 4.79 Å². The van der Waals surface area contributed by atoms with Crippen molar-refractivity contribution in [2.24, 2.45) is 5.92 Å². The lowest BCUT2D eigenvalue weighted by Crippen LogP contribution is -2.15. The Kier molecular flexibility index (Phi) is 6.64. The molecule has 31 heavy (non-hydrogen) atoms. The van der Waals surface area contributed by atoms with Gasteiger partial charge in [-0.15, -0.1) is 0 Å². The zero-order chi connectivity index (χ0) is 22.0. The number of halogens is 1. The fourth-order valence-electron chi connectivity index (χ4n) is 5.20. The summed E-state index contributed by atoms with van der Waals surface area (Å²) in [5.74, 6) is 0.0910. The average Bonchev–Trinajstić information content (AvgIpc) is 3.17. The minimum absolute atomic E-state index is 0.164. The molecule has 2 aliphatic rings. The highest BCUT2D eigenvalue weighted by atomic mass is 19.1. The van der Waals surface area contributed by atoms with Crippen molar-refractivity contribution in [1.82, 2.24) is 0 Å². The van der Waals surface area contributed by atoms with Gasteiger partial charge in [0.2, 0.25) is 0 Å². The average molecular weight is 425 g/mol. The third-order valence-electron chi connectivity index (χ3n) is 7.33. The molecule has 0 radical (unpaired) electrons. The predicted molar refractivity (Wildman–Crippen MR) is 121 cm³/mol. The second-order valence-corrected chi connectivity index (χ2v) is 9.21. The van der Waals surface area contributed by atoms with Gasteiger partial charge < -0.3 is 9.84 Å². The van der Waals surface area contributed by atoms with Gasteiger partial charge in [0.1, 0.15) is 11.6 Å². The van der Waals surface area contributed by atoms with Crippen LogP contribution >= 0.6 is 0 Å². The summed E-state index contributed by atoms with van der Waals surface area (Å²) in [6.45, 7) is 4.11. The molecular weight excluding hydrogens is 391 g/mol.